The second-order valence-corrected chi connectivity index (χ2v) is 9.31. The molecule has 0 bridgehead atoms. The van der Waals surface area contributed by atoms with E-state index in [9.17, 15) is 18.0 Å². The average molecular weight is 532 g/mol. The van der Waals surface area contributed by atoms with Crippen molar-refractivity contribution >= 4 is 45.6 Å². The van der Waals surface area contributed by atoms with Gasteiger partial charge in [0.05, 0.1) is 36.0 Å². The van der Waals surface area contributed by atoms with Crippen LogP contribution < -0.4 is 19.2 Å². The van der Waals surface area contributed by atoms with Crippen LogP contribution in [0, 0.1) is 0 Å². The maximum absolute atomic E-state index is 13.3. The molecule has 0 aliphatic carbocycles. The number of carbonyl (C=O) groups is 2. The van der Waals surface area contributed by atoms with Crippen molar-refractivity contribution < 1.29 is 32.2 Å². The molecule has 3 rings (SSSR count). The monoisotopic (exact) mass is 531 g/mol. The maximum Gasteiger partial charge on any atom is 0.513 e. The summed E-state index contributed by atoms with van der Waals surface area (Å²) in [5, 5.41) is 4.04. The Morgan fingerprint density at radius 1 is 1.00 bits per heavy atom. The molecule has 0 atom stereocenters. The Bertz CT molecular complexity index is 1370. The van der Waals surface area contributed by atoms with Gasteiger partial charge in [0.1, 0.15) is 6.54 Å². The van der Waals surface area contributed by atoms with Gasteiger partial charge in [-0.25, -0.2) is 18.6 Å². The van der Waals surface area contributed by atoms with E-state index in [-0.39, 0.29) is 27.1 Å². The van der Waals surface area contributed by atoms with Crippen LogP contribution >= 0.6 is 11.6 Å². The minimum atomic E-state index is -4.11. The smallest absolute Gasteiger partial charge is 0.493 e. The number of amides is 1. The molecule has 0 aromatic heterocycles. The van der Waals surface area contributed by atoms with E-state index in [4.69, 9.17) is 21.1 Å². The average Bonchev–Trinajstić information content (AvgIpc) is 2.89. The molecule has 3 aromatic rings. The van der Waals surface area contributed by atoms with E-state index in [2.05, 4.69) is 15.3 Å². The summed E-state index contributed by atoms with van der Waals surface area (Å²) in [6, 6.07) is 18.5. The van der Waals surface area contributed by atoms with E-state index in [1.54, 1.807) is 36.4 Å². The van der Waals surface area contributed by atoms with Gasteiger partial charge in [-0.05, 0) is 48.0 Å². The van der Waals surface area contributed by atoms with Gasteiger partial charge in [0, 0.05) is 0 Å². The van der Waals surface area contributed by atoms with E-state index in [1.807, 2.05) is 0 Å². The van der Waals surface area contributed by atoms with Crippen molar-refractivity contribution in [2.45, 2.75) is 4.90 Å². The second-order valence-electron chi connectivity index (χ2n) is 7.04. The highest BCUT2D eigenvalue weighted by atomic mass is 35.5. The van der Waals surface area contributed by atoms with Gasteiger partial charge in [0.15, 0.2) is 11.5 Å². The number of hydrogen-bond acceptors (Lipinski definition) is 8. The molecule has 0 saturated carbocycles. The number of ether oxygens (including phenoxy) is 3. The maximum atomic E-state index is 13.3. The molecule has 10 nitrogen and oxygen atoms in total. The second kappa shape index (κ2) is 12.0. The van der Waals surface area contributed by atoms with Crippen LogP contribution in [0.5, 0.6) is 11.5 Å². The quantitative estimate of drug-likeness (QED) is 0.192. The summed E-state index contributed by atoms with van der Waals surface area (Å²) in [4.78, 5) is 24.0. The number of nitrogens with zero attached hydrogens (tertiary/aromatic N) is 2. The molecule has 0 unspecified atom stereocenters. The summed E-state index contributed by atoms with van der Waals surface area (Å²) >= 11 is 6.24. The fraction of sp³-hybridized carbons (Fsp3) is 0.125. The standard InChI is InChI=1S/C24H22ClN3O7S/c1-33-22-14-17(12-13-21(22)35-24(30)34-2)15-26-27-23(29)16-28(20-11-7-6-10-19(20)25)36(31,32)18-8-4-3-5-9-18/h3-15H,16H2,1-2H3,(H,27,29)/b26-15-. The van der Waals surface area contributed by atoms with Crippen molar-refractivity contribution in [3.8, 4) is 11.5 Å². The van der Waals surface area contributed by atoms with E-state index >= 15 is 0 Å². The molecule has 3 aromatic carbocycles. The van der Waals surface area contributed by atoms with Crippen LogP contribution in [0.25, 0.3) is 0 Å². The van der Waals surface area contributed by atoms with Crippen molar-refractivity contribution in [3.05, 3.63) is 83.4 Å². The molecule has 0 fully saturated rings. The lowest BCUT2D eigenvalue weighted by molar-refractivity contribution is -0.119. The van der Waals surface area contributed by atoms with Crippen LogP contribution in [0.4, 0.5) is 10.5 Å². The summed E-state index contributed by atoms with van der Waals surface area (Å²) in [6.07, 6.45) is 0.406. The van der Waals surface area contributed by atoms with Gasteiger partial charge in [-0.15, -0.1) is 0 Å². The SMILES string of the molecule is COC(=O)Oc1ccc(/C=N\NC(=O)CN(c2ccccc2Cl)S(=O)(=O)c2ccccc2)cc1OC. The third kappa shape index (κ3) is 6.52. The first-order valence-electron chi connectivity index (χ1n) is 10.3. The third-order valence-corrected chi connectivity index (χ3v) is 6.78. The first-order valence-corrected chi connectivity index (χ1v) is 12.2. The zero-order valence-corrected chi connectivity index (χ0v) is 20.8. The molecule has 0 aliphatic rings. The lowest BCUT2D eigenvalue weighted by Gasteiger charge is -2.24. The minimum Gasteiger partial charge on any atom is -0.493 e. The number of rotatable bonds is 9. The van der Waals surface area contributed by atoms with Gasteiger partial charge in [-0.3, -0.25) is 9.10 Å². The zero-order valence-electron chi connectivity index (χ0n) is 19.3. The van der Waals surface area contributed by atoms with E-state index in [0.29, 0.717) is 5.56 Å². The molecule has 12 heteroatoms. The summed E-state index contributed by atoms with van der Waals surface area (Å²) in [5.74, 6) is -0.343. The van der Waals surface area contributed by atoms with Crippen LogP contribution in [0.15, 0.2) is 82.8 Å². The van der Waals surface area contributed by atoms with Crippen molar-refractivity contribution in [1.29, 1.82) is 0 Å². The number of sulfonamides is 1. The molecule has 0 spiro atoms. The fourth-order valence-corrected chi connectivity index (χ4v) is 4.75. The number of carbonyl (C=O) groups excluding carboxylic acids is 2. The Morgan fingerprint density at radius 2 is 1.69 bits per heavy atom. The molecule has 0 aliphatic heterocycles. The van der Waals surface area contributed by atoms with Crippen LogP contribution in [-0.4, -0.2) is 47.5 Å². The Balaban J connectivity index is 1.78. The topological polar surface area (TPSA) is 124 Å². The van der Waals surface area contributed by atoms with Crippen molar-refractivity contribution in [3.63, 3.8) is 0 Å². The molecular weight excluding hydrogens is 510 g/mol. The Hall–Kier alpha value is -4.09. The van der Waals surface area contributed by atoms with Gasteiger partial charge in [0.25, 0.3) is 15.9 Å². The highest BCUT2D eigenvalue weighted by molar-refractivity contribution is 7.92. The number of benzene rings is 3. The highest BCUT2D eigenvalue weighted by Crippen LogP contribution is 2.30. The summed E-state index contributed by atoms with van der Waals surface area (Å²) in [6.45, 7) is -0.576. The number of methoxy groups -OCH3 is 2. The third-order valence-electron chi connectivity index (χ3n) is 4.69. The predicted molar refractivity (Wildman–Crippen MR) is 134 cm³/mol. The van der Waals surface area contributed by atoms with Gasteiger partial charge >= 0.3 is 6.16 Å². The zero-order chi connectivity index (χ0) is 26.1. The van der Waals surface area contributed by atoms with Crippen LogP contribution in [0.3, 0.4) is 0 Å². The molecule has 0 radical (unpaired) electrons. The largest absolute Gasteiger partial charge is 0.513 e. The molecular formula is C24H22ClN3O7S. The predicted octanol–water partition coefficient (Wildman–Crippen LogP) is 3.84. The lowest BCUT2D eigenvalue weighted by atomic mass is 10.2. The van der Waals surface area contributed by atoms with E-state index < -0.39 is 28.6 Å². The van der Waals surface area contributed by atoms with Crippen molar-refractivity contribution in [1.82, 2.24) is 5.43 Å². The van der Waals surface area contributed by atoms with Gasteiger partial charge in [-0.1, -0.05) is 41.9 Å². The molecule has 188 valence electrons. The van der Waals surface area contributed by atoms with Crippen LogP contribution in [0.2, 0.25) is 5.02 Å². The van der Waals surface area contributed by atoms with Gasteiger partial charge < -0.3 is 14.2 Å². The molecule has 0 saturated heterocycles. The van der Waals surface area contributed by atoms with Gasteiger partial charge in [0.2, 0.25) is 0 Å². The lowest BCUT2D eigenvalue weighted by Crippen LogP contribution is -2.39. The summed E-state index contributed by atoms with van der Waals surface area (Å²) < 4.78 is 42.1. The number of para-hydroxylation sites is 1. The number of hydrazone groups is 1. The van der Waals surface area contributed by atoms with E-state index in [0.717, 1.165) is 4.31 Å². The van der Waals surface area contributed by atoms with Crippen LogP contribution in [-0.2, 0) is 19.6 Å². The Morgan fingerprint density at radius 3 is 2.36 bits per heavy atom. The summed E-state index contributed by atoms with van der Waals surface area (Å²) in [7, 11) is -1.54. The summed E-state index contributed by atoms with van der Waals surface area (Å²) in [5.41, 5.74) is 2.95. The van der Waals surface area contributed by atoms with Crippen LogP contribution in [0.1, 0.15) is 5.56 Å². The van der Waals surface area contributed by atoms with Gasteiger partial charge in [-0.2, -0.15) is 5.10 Å². The normalized spacial score (nSPS) is 11.1. The number of hydrogen-bond donors (Lipinski definition) is 1. The van der Waals surface area contributed by atoms with Crippen molar-refractivity contribution in [2.24, 2.45) is 5.10 Å². The molecule has 1 N–H and O–H groups in total. The highest BCUT2D eigenvalue weighted by Gasteiger charge is 2.28. The van der Waals surface area contributed by atoms with E-state index in [1.165, 1.54) is 56.8 Å². The fourth-order valence-electron chi connectivity index (χ4n) is 3.00. The number of nitrogens with one attached hydrogen (secondary N) is 1. The number of halogens is 1. The Kier molecular flexibility index (Phi) is 8.87. The molecule has 36 heavy (non-hydrogen) atoms. The first-order chi connectivity index (χ1) is 17.3. The first kappa shape index (κ1) is 26.5. The molecule has 0 heterocycles. The number of anilines is 1. The Labute approximate surface area is 213 Å². The minimum absolute atomic E-state index is 0.00239. The van der Waals surface area contributed by atoms with Crippen molar-refractivity contribution in [2.75, 3.05) is 25.1 Å². The molecule has 1 amide bonds.